The van der Waals surface area contributed by atoms with Crippen LogP contribution in [0.1, 0.15) is 23.3 Å². The number of amides is 1. The van der Waals surface area contributed by atoms with E-state index in [-0.39, 0.29) is 30.4 Å². The second-order valence-corrected chi connectivity index (χ2v) is 8.54. The van der Waals surface area contributed by atoms with Crippen LogP contribution in [-0.4, -0.2) is 20.9 Å². The molecule has 1 heterocycles. The van der Waals surface area contributed by atoms with Gasteiger partial charge >= 0.3 is 0 Å². The zero-order valence-corrected chi connectivity index (χ0v) is 17.7. The smallest absolute Gasteiger partial charge is 0.241 e. The summed E-state index contributed by atoms with van der Waals surface area (Å²) in [6.45, 7) is 4.23. The molecule has 3 rings (SSSR count). The molecule has 2 N–H and O–H groups in total. The van der Waals surface area contributed by atoms with Crippen molar-refractivity contribution in [2.75, 3.05) is 11.9 Å². The van der Waals surface area contributed by atoms with E-state index < -0.39 is 10.0 Å². The van der Waals surface area contributed by atoms with Crippen LogP contribution in [0.4, 0.5) is 5.69 Å². The minimum Gasteiger partial charge on any atom is -0.493 e. The third-order valence-corrected chi connectivity index (χ3v) is 5.99. The maximum Gasteiger partial charge on any atom is 0.241 e. The number of sulfonamides is 1. The standard InChI is InChI=1S/C22H24N2O5S/c1-16-6-3-10-21(17(16)2)29-13-11-22(25)24-18-7-4-9-20(14-18)30(26,27)23-15-19-8-5-12-28-19/h3-10,12,14,23H,11,13,15H2,1-2H3,(H,24,25). The SMILES string of the molecule is Cc1cccc(OCCC(=O)Nc2cccc(S(=O)(=O)NCc3ccco3)c2)c1C. The van der Waals surface area contributed by atoms with Gasteiger partial charge in [0.1, 0.15) is 11.5 Å². The molecule has 0 unspecified atom stereocenters. The van der Waals surface area contributed by atoms with Crippen LogP contribution >= 0.6 is 0 Å². The molecule has 1 amide bonds. The molecule has 0 saturated heterocycles. The fraction of sp³-hybridized carbons (Fsp3) is 0.227. The van der Waals surface area contributed by atoms with Crippen molar-refractivity contribution < 1.29 is 22.4 Å². The highest BCUT2D eigenvalue weighted by atomic mass is 32.2. The zero-order valence-electron chi connectivity index (χ0n) is 16.8. The molecule has 3 aromatic rings. The predicted octanol–water partition coefficient (Wildman–Crippen LogP) is 3.78. The van der Waals surface area contributed by atoms with Gasteiger partial charge in [-0.1, -0.05) is 18.2 Å². The van der Waals surface area contributed by atoms with Gasteiger partial charge in [-0.2, -0.15) is 0 Å². The van der Waals surface area contributed by atoms with E-state index in [0.29, 0.717) is 11.4 Å². The maximum absolute atomic E-state index is 12.5. The van der Waals surface area contributed by atoms with Gasteiger partial charge in [-0.3, -0.25) is 4.79 Å². The topological polar surface area (TPSA) is 97.6 Å². The molecule has 30 heavy (non-hydrogen) atoms. The van der Waals surface area contributed by atoms with E-state index >= 15 is 0 Å². The van der Waals surface area contributed by atoms with Gasteiger partial charge in [0.05, 0.1) is 30.7 Å². The first-order chi connectivity index (χ1) is 14.3. The molecular formula is C22H24N2O5S. The second kappa shape index (κ2) is 9.60. The molecule has 0 aliphatic carbocycles. The minimum absolute atomic E-state index is 0.0433. The maximum atomic E-state index is 12.5. The molecule has 1 aromatic heterocycles. The summed E-state index contributed by atoms with van der Waals surface area (Å²) in [6, 6.07) is 15.2. The van der Waals surface area contributed by atoms with E-state index in [9.17, 15) is 13.2 Å². The molecule has 0 radical (unpaired) electrons. The van der Waals surface area contributed by atoms with E-state index in [1.165, 1.54) is 18.4 Å². The molecule has 0 saturated carbocycles. The Hall–Kier alpha value is -3.10. The van der Waals surface area contributed by atoms with E-state index in [1.807, 2.05) is 32.0 Å². The highest BCUT2D eigenvalue weighted by Gasteiger charge is 2.15. The summed E-state index contributed by atoms with van der Waals surface area (Å²) < 4.78 is 38.2. The third-order valence-electron chi connectivity index (χ3n) is 4.59. The quantitative estimate of drug-likeness (QED) is 0.541. The van der Waals surface area contributed by atoms with Gasteiger partial charge in [-0.15, -0.1) is 0 Å². The van der Waals surface area contributed by atoms with Crippen LogP contribution in [-0.2, 0) is 21.4 Å². The molecular weight excluding hydrogens is 404 g/mol. The second-order valence-electron chi connectivity index (χ2n) is 6.78. The lowest BCUT2D eigenvalue weighted by Crippen LogP contribution is -2.23. The fourth-order valence-corrected chi connectivity index (χ4v) is 3.80. The molecule has 0 aliphatic heterocycles. The zero-order chi connectivity index (χ0) is 21.6. The molecule has 158 valence electrons. The normalized spacial score (nSPS) is 11.3. The summed E-state index contributed by atoms with van der Waals surface area (Å²) in [6.07, 6.45) is 1.62. The summed E-state index contributed by atoms with van der Waals surface area (Å²) >= 11 is 0. The number of carbonyl (C=O) groups is 1. The summed E-state index contributed by atoms with van der Waals surface area (Å²) in [4.78, 5) is 12.3. The Morgan fingerprint density at radius 2 is 1.87 bits per heavy atom. The largest absolute Gasteiger partial charge is 0.493 e. The molecule has 7 nitrogen and oxygen atoms in total. The van der Waals surface area contributed by atoms with Crippen molar-refractivity contribution >= 4 is 21.6 Å². The van der Waals surface area contributed by atoms with Crippen molar-refractivity contribution in [3.05, 3.63) is 77.7 Å². The first kappa shape index (κ1) is 21.6. The van der Waals surface area contributed by atoms with E-state index in [1.54, 1.807) is 24.3 Å². The number of hydrogen-bond acceptors (Lipinski definition) is 5. The number of aryl methyl sites for hydroxylation is 1. The van der Waals surface area contributed by atoms with Gasteiger partial charge in [0.15, 0.2) is 0 Å². The van der Waals surface area contributed by atoms with Crippen molar-refractivity contribution in [2.24, 2.45) is 0 Å². The predicted molar refractivity (Wildman–Crippen MR) is 114 cm³/mol. The molecule has 0 spiro atoms. The van der Waals surface area contributed by atoms with Gasteiger partial charge in [0.2, 0.25) is 15.9 Å². The van der Waals surface area contributed by atoms with Crippen LogP contribution in [0, 0.1) is 13.8 Å². The summed E-state index contributed by atoms with van der Waals surface area (Å²) in [5, 5.41) is 2.71. The number of furan rings is 1. The highest BCUT2D eigenvalue weighted by molar-refractivity contribution is 7.89. The number of anilines is 1. The van der Waals surface area contributed by atoms with Gasteiger partial charge in [-0.25, -0.2) is 13.1 Å². The molecule has 2 aromatic carbocycles. The average molecular weight is 429 g/mol. The van der Waals surface area contributed by atoms with E-state index in [0.717, 1.165) is 16.9 Å². The molecule has 0 atom stereocenters. The van der Waals surface area contributed by atoms with Crippen molar-refractivity contribution in [1.82, 2.24) is 4.72 Å². The molecule has 0 bridgehead atoms. The Balaban J connectivity index is 1.55. The minimum atomic E-state index is -3.74. The van der Waals surface area contributed by atoms with Gasteiger partial charge < -0.3 is 14.5 Å². The molecule has 0 aliphatic rings. The first-order valence-corrected chi connectivity index (χ1v) is 10.9. The Labute approximate surface area is 176 Å². The highest BCUT2D eigenvalue weighted by Crippen LogP contribution is 2.21. The summed E-state index contributed by atoms with van der Waals surface area (Å²) in [7, 11) is -3.74. The van der Waals surface area contributed by atoms with Gasteiger partial charge in [-0.05, 0) is 61.4 Å². The first-order valence-electron chi connectivity index (χ1n) is 9.46. The molecule has 0 fully saturated rings. The average Bonchev–Trinajstić information content (AvgIpc) is 3.24. The van der Waals surface area contributed by atoms with Crippen LogP contribution in [0.25, 0.3) is 0 Å². The number of nitrogens with one attached hydrogen (secondary N) is 2. The fourth-order valence-electron chi connectivity index (χ4n) is 2.76. The number of ether oxygens (including phenoxy) is 1. The Kier molecular flexibility index (Phi) is 6.91. The van der Waals surface area contributed by atoms with Crippen LogP contribution in [0.3, 0.4) is 0 Å². The molecule has 8 heteroatoms. The summed E-state index contributed by atoms with van der Waals surface area (Å²) in [5.74, 6) is 0.990. The van der Waals surface area contributed by atoms with E-state index in [4.69, 9.17) is 9.15 Å². The van der Waals surface area contributed by atoms with Crippen LogP contribution in [0.5, 0.6) is 5.75 Å². The van der Waals surface area contributed by atoms with Crippen molar-refractivity contribution in [3.8, 4) is 5.75 Å². The summed E-state index contributed by atoms with van der Waals surface area (Å²) in [5.41, 5.74) is 2.56. The lowest BCUT2D eigenvalue weighted by Gasteiger charge is -2.11. The number of hydrogen-bond donors (Lipinski definition) is 2. The van der Waals surface area contributed by atoms with Crippen LogP contribution in [0.15, 0.2) is 70.2 Å². The Morgan fingerprint density at radius 3 is 2.63 bits per heavy atom. The van der Waals surface area contributed by atoms with Gasteiger partial charge in [0.25, 0.3) is 0 Å². The third kappa shape index (κ3) is 5.71. The number of benzene rings is 2. The Bertz CT molecular complexity index is 1110. The van der Waals surface area contributed by atoms with Crippen molar-refractivity contribution in [3.63, 3.8) is 0 Å². The Morgan fingerprint density at radius 1 is 1.07 bits per heavy atom. The van der Waals surface area contributed by atoms with Gasteiger partial charge in [0, 0.05) is 5.69 Å². The van der Waals surface area contributed by atoms with Crippen molar-refractivity contribution in [1.29, 1.82) is 0 Å². The monoisotopic (exact) mass is 428 g/mol. The number of carbonyl (C=O) groups excluding carboxylic acids is 1. The van der Waals surface area contributed by atoms with Crippen LogP contribution in [0.2, 0.25) is 0 Å². The lowest BCUT2D eigenvalue weighted by atomic mass is 10.1. The van der Waals surface area contributed by atoms with E-state index in [2.05, 4.69) is 10.0 Å². The number of rotatable bonds is 9. The van der Waals surface area contributed by atoms with Crippen molar-refractivity contribution in [2.45, 2.75) is 31.7 Å². The van der Waals surface area contributed by atoms with Crippen LogP contribution < -0.4 is 14.8 Å². The lowest BCUT2D eigenvalue weighted by molar-refractivity contribution is -0.116.